The Morgan fingerprint density at radius 1 is 1.06 bits per heavy atom. The molecule has 0 amide bonds. The first-order chi connectivity index (χ1) is 8.34. The van der Waals surface area contributed by atoms with Gasteiger partial charge >= 0.3 is 0 Å². The second-order valence-electron chi connectivity index (χ2n) is 4.01. The smallest absolute Gasteiger partial charge is 0.157 e. The molecule has 2 aromatic rings. The van der Waals surface area contributed by atoms with Crippen LogP contribution >= 0.6 is 15.9 Å². The van der Waals surface area contributed by atoms with E-state index in [4.69, 9.17) is 4.74 Å². The molecule has 1 aliphatic heterocycles. The number of fused-ring (bicyclic) bond motifs is 1. The topological polar surface area (TPSA) is 21.3 Å². The first-order valence-electron chi connectivity index (χ1n) is 5.58. The van der Waals surface area contributed by atoms with Gasteiger partial charge in [0.15, 0.2) is 5.75 Å². The molecular weight excluding hydrogens is 278 g/mol. The van der Waals surface area contributed by atoms with Gasteiger partial charge in [-0.05, 0) is 33.6 Å². The Bertz CT molecular complexity index is 527. The minimum atomic E-state index is 0.0717. The number of hydrogen-bond donors (Lipinski definition) is 1. The lowest BCUT2D eigenvalue weighted by Crippen LogP contribution is -2.23. The van der Waals surface area contributed by atoms with Gasteiger partial charge in [0, 0.05) is 0 Å². The van der Waals surface area contributed by atoms with Gasteiger partial charge in [-0.3, -0.25) is 0 Å². The van der Waals surface area contributed by atoms with Gasteiger partial charge in [0.2, 0.25) is 0 Å². The van der Waals surface area contributed by atoms with Crippen molar-refractivity contribution >= 4 is 21.6 Å². The van der Waals surface area contributed by atoms with Crippen LogP contribution in [0.2, 0.25) is 0 Å². The van der Waals surface area contributed by atoms with Crippen molar-refractivity contribution in [3.8, 4) is 5.75 Å². The van der Waals surface area contributed by atoms with Crippen LogP contribution in [-0.4, -0.2) is 6.54 Å². The molecule has 0 aliphatic carbocycles. The summed E-state index contributed by atoms with van der Waals surface area (Å²) in [6, 6.07) is 16.3. The van der Waals surface area contributed by atoms with Crippen LogP contribution in [0, 0.1) is 0 Å². The molecule has 1 N–H and O–H groups in total. The average molecular weight is 290 g/mol. The van der Waals surface area contributed by atoms with Gasteiger partial charge in [0.25, 0.3) is 0 Å². The molecule has 0 saturated heterocycles. The third-order valence-electron chi connectivity index (χ3n) is 2.88. The molecule has 1 heterocycles. The van der Waals surface area contributed by atoms with Gasteiger partial charge in [-0.2, -0.15) is 0 Å². The number of halogens is 1. The fourth-order valence-electron chi connectivity index (χ4n) is 2.01. The number of anilines is 1. The molecule has 0 radical (unpaired) electrons. The standard InChI is InChI=1S/C14H12BrNO/c15-11-7-4-8-12-14(11)17-13(9-16-12)10-5-2-1-3-6-10/h1-8,13,16H,9H2. The maximum atomic E-state index is 6.04. The van der Waals surface area contributed by atoms with Crippen molar-refractivity contribution in [3.05, 3.63) is 58.6 Å². The van der Waals surface area contributed by atoms with Gasteiger partial charge in [0.05, 0.1) is 16.7 Å². The van der Waals surface area contributed by atoms with Crippen LogP contribution in [0.25, 0.3) is 0 Å². The fourth-order valence-corrected chi connectivity index (χ4v) is 2.47. The van der Waals surface area contributed by atoms with Crippen molar-refractivity contribution in [2.24, 2.45) is 0 Å². The summed E-state index contributed by atoms with van der Waals surface area (Å²) in [7, 11) is 0. The first-order valence-corrected chi connectivity index (χ1v) is 6.38. The zero-order valence-corrected chi connectivity index (χ0v) is 10.8. The van der Waals surface area contributed by atoms with Crippen molar-refractivity contribution in [1.29, 1.82) is 0 Å². The first kappa shape index (κ1) is 10.7. The number of para-hydroxylation sites is 1. The summed E-state index contributed by atoms with van der Waals surface area (Å²) < 4.78 is 7.03. The van der Waals surface area contributed by atoms with Crippen LogP contribution in [0.3, 0.4) is 0 Å². The second kappa shape index (κ2) is 4.41. The number of benzene rings is 2. The summed E-state index contributed by atoms with van der Waals surface area (Å²) in [4.78, 5) is 0. The van der Waals surface area contributed by atoms with Crippen LogP contribution in [0.15, 0.2) is 53.0 Å². The molecular formula is C14H12BrNO. The lowest BCUT2D eigenvalue weighted by atomic mass is 10.1. The number of ether oxygens (including phenoxy) is 1. The minimum absolute atomic E-state index is 0.0717. The van der Waals surface area contributed by atoms with Gasteiger partial charge in [0.1, 0.15) is 6.10 Å². The van der Waals surface area contributed by atoms with E-state index < -0.39 is 0 Å². The van der Waals surface area contributed by atoms with Crippen LogP contribution in [0.4, 0.5) is 5.69 Å². The van der Waals surface area contributed by atoms with Crippen molar-refractivity contribution in [3.63, 3.8) is 0 Å². The molecule has 0 bridgehead atoms. The highest BCUT2D eigenvalue weighted by Crippen LogP contribution is 2.39. The predicted octanol–water partition coefficient (Wildman–Crippen LogP) is 3.99. The third kappa shape index (κ3) is 2.03. The van der Waals surface area contributed by atoms with Gasteiger partial charge in [-0.25, -0.2) is 0 Å². The normalized spacial score (nSPS) is 17.8. The summed E-state index contributed by atoms with van der Waals surface area (Å²) in [5.41, 5.74) is 2.24. The van der Waals surface area contributed by atoms with E-state index in [1.807, 2.05) is 36.4 Å². The molecule has 3 heteroatoms. The van der Waals surface area contributed by atoms with Crippen LogP contribution in [0.1, 0.15) is 11.7 Å². The summed E-state index contributed by atoms with van der Waals surface area (Å²) in [5.74, 6) is 0.896. The monoisotopic (exact) mass is 289 g/mol. The SMILES string of the molecule is Brc1cccc2c1OC(c1ccccc1)CN2. The molecule has 0 fully saturated rings. The maximum absolute atomic E-state index is 6.04. The second-order valence-corrected chi connectivity index (χ2v) is 4.87. The lowest BCUT2D eigenvalue weighted by Gasteiger charge is -2.28. The van der Waals surface area contributed by atoms with Crippen molar-refractivity contribution in [1.82, 2.24) is 0 Å². The van der Waals surface area contributed by atoms with E-state index in [1.54, 1.807) is 0 Å². The van der Waals surface area contributed by atoms with E-state index in [2.05, 4.69) is 33.4 Å². The molecule has 2 aromatic carbocycles. The fraction of sp³-hybridized carbons (Fsp3) is 0.143. The highest BCUT2D eigenvalue weighted by Gasteiger charge is 2.22. The molecule has 17 heavy (non-hydrogen) atoms. The maximum Gasteiger partial charge on any atom is 0.157 e. The molecule has 2 nitrogen and oxygen atoms in total. The Morgan fingerprint density at radius 3 is 2.71 bits per heavy atom. The highest BCUT2D eigenvalue weighted by molar-refractivity contribution is 9.10. The lowest BCUT2D eigenvalue weighted by molar-refractivity contribution is 0.209. The molecule has 0 saturated carbocycles. The van der Waals surface area contributed by atoms with E-state index in [9.17, 15) is 0 Å². The Kier molecular flexibility index (Phi) is 2.77. The zero-order valence-electron chi connectivity index (χ0n) is 9.19. The van der Waals surface area contributed by atoms with E-state index in [0.717, 1.165) is 22.5 Å². The zero-order chi connectivity index (χ0) is 11.7. The highest BCUT2D eigenvalue weighted by atomic mass is 79.9. The predicted molar refractivity (Wildman–Crippen MR) is 72.4 cm³/mol. The minimum Gasteiger partial charge on any atom is -0.481 e. The Labute approximate surface area is 109 Å². The van der Waals surface area contributed by atoms with Crippen LogP contribution < -0.4 is 10.1 Å². The number of nitrogens with one attached hydrogen (secondary N) is 1. The van der Waals surface area contributed by atoms with E-state index in [-0.39, 0.29) is 6.10 Å². The largest absolute Gasteiger partial charge is 0.481 e. The van der Waals surface area contributed by atoms with Crippen molar-refractivity contribution < 1.29 is 4.74 Å². The molecule has 3 rings (SSSR count). The summed E-state index contributed by atoms with van der Waals surface area (Å²) in [6.07, 6.45) is 0.0717. The van der Waals surface area contributed by atoms with E-state index >= 15 is 0 Å². The van der Waals surface area contributed by atoms with Crippen molar-refractivity contribution in [2.75, 3.05) is 11.9 Å². The molecule has 1 aliphatic rings. The van der Waals surface area contributed by atoms with E-state index in [1.165, 1.54) is 5.56 Å². The summed E-state index contributed by atoms with van der Waals surface area (Å²) in [5, 5.41) is 3.40. The Morgan fingerprint density at radius 2 is 1.88 bits per heavy atom. The molecule has 0 spiro atoms. The van der Waals surface area contributed by atoms with Gasteiger partial charge < -0.3 is 10.1 Å². The average Bonchev–Trinajstić information content (AvgIpc) is 2.40. The Balaban J connectivity index is 1.93. The summed E-state index contributed by atoms with van der Waals surface area (Å²) >= 11 is 3.52. The van der Waals surface area contributed by atoms with Crippen LogP contribution in [0.5, 0.6) is 5.75 Å². The van der Waals surface area contributed by atoms with Crippen LogP contribution in [-0.2, 0) is 0 Å². The molecule has 0 aromatic heterocycles. The third-order valence-corrected chi connectivity index (χ3v) is 3.50. The number of rotatable bonds is 1. The van der Waals surface area contributed by atoms with Crippen molar-refractivity contribution in [2.45, 2.75) is 6.10 Å². The molecule has 1 unspecified atom stereocenters. The quantitative estimate of drug-likeness (QED) is 0.857. The Hall–Kier alpha value is -1.48. The molecule has 86 valence electrons. The number of hydrogen-bond acceptors (Lipinski definition) is 2. The van der Waals surface area contributed by atoms with Gasteiger partial charge in [-0.15, -0.1) is 0 Å². The van der Waals surface area contributed by atoms with E-state index in [0.29, 0.717) is 0 Å². The van der Waals surface area contributed by atoms with Gasteiger partial charge in [-0.1, -0.05) is 36.4 Å². The summed E-state index contributed by atoms with van der Waals surface area (Å²) in [6.45, 7) is 0.799. The molecule has 1 atom stereocenters.